The molecule has 1 aliphatic heterocycles. The second-order valence-corrected chi connectivity index (χ2v) is 7.08. The summed E-state index contributed by atoms with van der Waals surface area (Å²) in [4.78, 5) is 15.1. The van der Waals surface area contributed by atoms with Crippen LogP contribution in [0.25, 0.3) is 10.9 Å². The number of amides is 1. The molecule has 1 aromatic carbocycles. The van der Waals surface area contributed by atoms with Crippen LogP contribution in [0.15, 0.2) is 30.5 Å². The minimum absolute atomic E-state index is 0.0451. The van der Waals surface area contributed by atoms with Crippen LogP contribution < -0.4 is 5.32 Å². The van der Waals surface area contributed by atoms with Crippen molar-refractivity contribution in [3.63, 3.8) is 0 Å². The molecule has 2 heterocycles. The highest BCUT2D eigenvalue weighted by Crippen LogP contribution is 2.16. The zero-order valence-electron chi connectivity index (χ0n) is 10.2. The van der Waals surface area contributed by atoms with E-state index in [0.29, 0.717) is 12.0 Å². The maximum Gasteiger partial charge on any atom is 0.251 e. The van der Waals surface area contributed by atoms with Crippen molar-refractivity contribution in [2.24, 2.45) is 0 Å². The molecule has 0 bridgehead atoms. The topological polar surface area (TPSA) is 79.0 Å². The Morgan fingerprint density at radius 3 is 2.89 bits per heavy atom. The predicted molar refractivity (Wildman–Crippen MR) is 72.8 cm³/mol. The van der Waals surface area contributed by atoms with Gasteiger partial charge in [0.15, 0.2) is 9.84 Å². The maximum absolute atomic E-state index is 12.1. The van der Waals surface area contributed by atoms with E-state index in [2.05, 4.69) is 10.3 Å². The first-order chi connectivity index (χ1) is 9.03. The summed E-state index contributed by atoms with van der Waals surface area (Å²) < 4.78 is 22.7. The Morgan fingerprint density at radius 2 is 2.16 bits per heavy atom. The summed E-state index contributed by atoms with van der Waals surface area (Å²) in [5, 5.41) is 3.82. The first kappa shape index (κ1) is 12.2. The van der Waals surface area contributed by atoms with Crippen molar-refractivity contribution in [1.82, 2.24) is 10.3 Å². The van der Waals surface area contributed by atoms with Crippen LogP contribution in [-0.4, -0.2) is 36.9 Å². The summed E-state index contributed by atoms with van der Waals surface area (Å²) in [6.45, 7) is 0. The summed E-state index contributed by atoms with van der Waals surface area (Å²) in [5.41, 5.74) is 1.44. The molecule has 0 aliphatic carbocycles. The highest BCUT2D eigenvalue weighted by Gasteiger charge is 2.29. The molecule has 1 amide bonds. The van der Waals surface area contributed by atoms with Crippen LogP contribution in [0, 0.1) is 0 Å². The van der Waals surface area contributed by atoms with Gasteiger partial charge >= 0.3 is 0 Å². The molecule has 5 nitrogen and oxygen atoms in total. The van der Waals surface area contributed by atoms with E-state index in [-0.39, 0.29) is 23.5 Å². The van der Waals surface area contributed by atoms with E-state index in [1.807, 2.05) is 18.3 Å². The second kappa shape index (κ2) is 4.38. The maximum atomic E-state index is 12.1. The van der Waals surface area contributed by atoms with Crippen molar-refractivity contribution >= 4 is 26.6 Å². The summed E-state index contributed by atoms with van der Waals surface area (Å²) in [5.74, 6) is -0.0181. The average Bonchev–Trinajstić information content (AvgIpc) is 2.94. The molecule has 1 saturated heterocycles. The monoisotopic (exact) mass is 278 g/mol. The molecule has 1 aromatic heterocycles. The van der Waals surface area contributed by atoms with E-state index in [4.69, 9.17) is 0 Å². The molecule has 1 aliphatic rings. The van der Waals surface area contributed by atoms with Crippen LogP contribution in [0.4, 0.5) is 0 Å². The second-order valence-electron chi connectivity index (χ2n) is 4.85. The number of sulfone groups is 1. The number of carbonyl (C=O) groups excluding carboxylic acids is 1. The van der Waals surface area contributed by atoms with E-state index >= 15 is 0 Å². The standard InChI is InChI=1S/C13H14N2O3S/c16-13(15-11-4-6-19(17,18)8-11)10-2-1-9-3-5-14-12(9)7-10/h1-3,5,7,11,14H,4,6,8H2,(H,15,16). The highest BCUT2D eigenvalue weighted by atomic mass is 32.2. The number of nitrogens with one attached hydrogen (secondary N) is 2. The van der Waals surface area contributed by atoms with Gasteiger partial charge in [-0.15, -0.1) is 0 Å². The lowest BCUT2D eigenvalue weighted by molar-refractivity contribution is 0.0941. The number of hydrogen-bond donors (Lipinski definition) is 2. The molecule has 1 unspecified atom stereocenters. The van der Waals surface area contributed by atoms with Gasteiger partial charge in [-0.25, -0.2) is 8.42 Å². The van der Waals surface area contributed by atoms with Crippen LogP contribution >= 0.6 is 0 Å². The normalized spacial score (nSPS) is 21.6. The number of aromatic amines is 1. The van der Waals surface area contributed by atoms with Gasteiger partial charge in [0.25, 0.3) is 5.91 Å². The molecule has 0 saturated carbocycles. The fourth-order valence-corrected chi connectivity index (χ4v) is 4.04. The highest BCUT2D eigenvalue weighted by molar-refractivity contribution is 7.91. The van der Waals surface area contributed by atoms with Gasteiger partial charge in [-0.1, -0.05) is 6.07 Å². The van der Waals surface area contributed by atoms with Crippen molar-refractivity contribution in [2.75, 3.05) is 11.5 Å². The number of hydrogen-bond acceptors (Lipinski definition) is 3. The van der Waals surface area contributed by atoms with Crippen molar-refractivity contribution in [3.05, 3.63) is 36.0 Å². The first-order valence-corrected chi connectivity index (χ1v) is 7.94. The van der Waals surface area contributed by atoms with Crippen molar-refractivity contribution in [1.29, 1.82) is 0 Å². The van der Waals surface area contributed by atoms with E-state index in [1.54, 1.807) is 12.1 Å². The first-order valence-electron chi connectivity index (χ1n) is 6.12. The Hall–Kier alpha value is -1.82. The number of aromatic nitrogens is 1. The number of carbonyl (C=O) groups is 1. The average molecular weight is 278 g/mol. The van der Waals surface area contributed by atoms with Crippen LogP contribution in [0.5, 0.6) is 0 Å². The molecule has 100 valence electrons. The molecular weight excluding hydrogens is 264 g/mol. The van der Waals surface area contributed by atoms with E-state index in [9.17, 15) is 13.2 Å². The fraction of sp³-hybridized carbons (Fsp3) is 0.308. The van der Waals surface area contributed by atoms with Crippen molar-refractivity contribution < 1.29 is 13.2 Å². The van der Waals surface area contributed by atoms with E-state index in [1.165, 1.54) is 0 Å². The third-order valence-corrected chi connectivity index (χ3v) is 5.15. The largest absolute Gasteiger partial charge is 0.361 e. The third kappa shape index (κ3) is 2.49. The molecule has 19 heavy (non-hydrogen) atoms. The van der Waals surface area contributed by atoms with Crippen LogP contribution in [0.2, 0.25) is 0 Å². The number of benzene rings is 1. The summed E-state index contributed by atoms with van der Waals surface area (Å²) >= 11 is 0. The number of fused-ring (bicyclic) bond motifs is 1. The SMILES string of the molecule is O=C(NC1CCS(=O)(=O)C1)c1ccc2cc[nH]c2c1. The Bertz CT molecular complexity index is 733. The third-order valence-electron chi connectivity index (χ3n) is 3.38. The van der Waals surface area contributed by atoms with Gasteiger partial charge in [0.05, 0.1) is 11.5 Å². The Labute approximate surface area is 110 Å². The van der Waals surface area contributed by atoms with Crippen LogP contribution in [-0.2, 0) is 9.84 Å². The Morgan fingerprint density at radius 1 is 1.32 bits per heavy atom. The minimum atomic E-state index is -2.97. The molecular formula is C13H14N2O3S. The van der Waals surface area contributed by atoms with E-state index < -0.39 is 9.84 Å². The van der Waals surface area contributed by atoms with Gasteiger partial charge in [-0.2, -0.15) is 0 Å². The predicted octanol–water partition coefficient (Wildman–Crippen LogP) is 1.08. The molecule has 0 spiro atoms. The molecule has 1 fully saturated rings. The van der Waals surface area contributed by atoms with Gasteiger partial charge in [0, 0.05) is 23.3 Å². The number of H-pyrrole nitrogens is 1. The lowest BCUT2D eigenvalue weighted by Gasteiger charge is -2.10. The smallest absolute Gasteiger partial charge is 0.251 e. The minimum Gasteiger partial charge on any atom is -0.361 e. The van der Waals surface area contributed by atoms with Gasteiger partial charge in [-0.05, 0) is 30.0 Å². The van der Waals surface area contributed by atoms with Crippen molar-refractivity contribution in [2.45, 2.75) is 12.5 Å². The Balaban J connectivity index is 1.76. The molecule has 6 heteroatoms. The fourth-order valence-electron chi connectivity index (χ4n) is 2.37. The summed E-state index contributed by atoms with van der Waals surface area (Å²) in [7, 11) is -2.97. The molecule has 1 atom stereocenters. The number of rotatable bonds is 2. The molecule has 2 N–H and O–H groups in total. The van der Waals surface area contributed by atoms with Gasteiger partial charge < -0.3 is 10.3 Å². The summed E-state index contributed by atoms with van der Waals surface area (Å²) in [6.07, 6.45) is 2.31. The molecule has 3 rings (SSSR count). The van der Waals surface area contributed by atoms with Crippen LogP contribution in [0.1, 0.15) is 16.8 Å². The van der Waals surface area contributed by atoms with Crippen molar-refractivity contribution in [3.8, 4) is 0 Å². The molecule has 0 radical (unpaired) electrons. The van der Waals surface area contributed by atoms with Crippen LogP contribution in [0.3, 0.4) is 0 Å². The quantitative estimate of drug-likeness (QED) is 0.863. The van der Waals surface area contributed by atoms with Gasteiger partial charge in [0.1, 0.15) is 0 Å². The zero-order valence-corrected chi connectivity index (χ0v) is 11.0. The van der Waals surface area contributed by atoms with E-state index in [0.717, 1.165) is 10.9 Å². The zero-order chi connectivity index (χ0) is 13.5. The lowest BCUT2D eigenvalue weighted by atomic mass is 10.1. The summed E-state index contributed by atoms with van der Waals surface area (Å²) in [6, 6.07) is 7.05. The Kier molecular flexibility index (Phi) is 2.82. The van der Waals surface area contributed by atoms with Gasteiger partial charge in [-0.3, -0.25) is 4.79 Å². The molecule has 2 aromatic rings. The lowest BCUT2D eigenvalue weighted by Crippen LogP contribution is -2.35. The van der Waals surface area contributed by atoms with Gasteiger partial charge in [0.2, 0.25) is 0 Å².